The number of ketones is 1. The zero-order chi connectivity index (χ0) is 40.1. The minimum Gasteiger partial charge on any atom is -0.497 e. The third-order valence-electron chi connectivity index (χ3n) is 9.39. The van der Waals surface area contributed by atoms with E-state index in [4.69, 9.17) is 64.1 Å². The number of esters is 1. The Morgan fingerprint density at radius 2 is 1.46 bits per heavy atom. The lowest BCUT2D eigenvalue weighted by molar-refractivity contribution is -0.153. The predicted octanol–water partition coefficient (Wildman–Crippen LogP) is 4.93. The normalized spacial score (nSPS) is 23.1. The number of hydrogen-bond acceptors (Lipinski definition) is 12. The van der Waals surface area contributed by atoms with Crippen LogP contribution in [0.5, 0.6) is 11.5 Å². The van der Waals surface area contributed by atoms with Crippen molar-refractivity contribution in [2.75, 3.05) is 40.6 Å². The number of carbonyl (C=O) groups is 2. The largest absolute Gasteiger partial charge is 0.497 e. The lowest BCUT2D eigenvalue weighted by Crippen LogP contribution is -2.38. The van der Waals surface area contributed by atoms with Crippen molar-refractivity contribution in [3.63, 3.8) is 0 Å². The highest BCUT2D eigenvalue weighted by molar-refractivity contribution is 7.48. The fourth-order valence-corrected chi connectivity index (χ4v) is 7.95. The van der Waals surface area contributed by atoms with Gasteiger partial charge < -0.3 is 38.1 Å². The summed E-state index contributed by atoms with van der Waals surface area (Å²) in [6.07, 6.45) is -3.28. The molecule has 291 valence electrons. The Labute approximate surface area is 331 Å². The summed E-state index contributed by atoms with van der Waals surface area (Å²) in [5.74, 6) is 0.565. The van der Waals surface area contributed by atoms with Gasteiger partial charge >= 0.3 is 13.8 Å². The number of carbonyl (C=O) groups excluding carboxylic acids is 2. The molecule has 2 aliphatic heterocycles. The molecule has 2 heterocycles. The van der Waals surface area contributed by atoms with E-state index in [9.17, 15) is 14.2 Å². The Kier molecular flexibility index (Phi) is 15.8. The van der Waals surface area contributed by atoms with E-state index in [0.29, 0.717) is 11.5 Å². The molecule has 2 fully saturated rings. The molecule has 0 spiro atoms. The van der Waals surface area contributed by atoms with Crippen LogP contribution < -0.4 is 9.47 Å². The Hall–Kier alpha value is -3.93. The van der Waals surface area contributed by atoms with Gasteiger partial charge in [-0.3, -0.25) is 18.4 Å². The number of Topliss-reactive ketones (excluding diaryl/α,β-unsaturated/α-hetero) is 1. The molecule has 0 N–H and O–H groups in total. The number of methoxy groups -OCH3 is 2. The Morgan fingerprint density at radius 1 is 0.857 bits per heavy atom. The first-order chi connectivity index (χ1) is 27.0. The molecule has 0 aliphatic carbocycles. The van der Waals surface area contributed by atoms with E-state index in [1.54, 1.807) is 14.2 Å². The Balaban J connectivity index is 1.41. The fourth-order valence-electron chi connectivity index (χ4n) is 6.56. The second kappa shape index (κ2) is 20.5. The van der Waals surface area contributed by atoms with Gasteiger partial charge in [0.1, 0.15) is 55.6 Å². The molecule has 2 saturated heterocycles. The van der Waals surface area contributed by atoms with Gasteiger partial charge in [-0.15, -0.1) is 0 Å². The van der Waals surface area contributed by atoms with Gasteiger partial charge in [0.2, 0.25) is 6.54 Å². The predicted molar refractivity (Wildman–Crippen MR) is 208 cm³/mol. The van der Waals surface area contributed by atoms with Gasteiger partial charge in [0.15, 0.2) is 0 Å². The van der Waals surface area contributed by atoms with Crippen LogP contribution in [0, 0.1) is 6.57 Å². The highest BCUT2D eigenvalue weighted by atomic mass is 31.2. The highest BCUT2D eigenvalue weighted by Gasteiger charge is 2.46. The lowest BCUT2D eigenvalue weighted by atomic mass is 9.51. The zero-order valence-corrected chi connectivity index (χ0v) is 32.5. The molecule has 3 aromatic carbocycles. The molecule has 0 amide bonds. The smallest absolute Gasteiger partial charge is 0.475 e. The first-order valence-corrected chi connectivity index (χ1v) is 19.7. The summed E-state index contributed by atoms with van der Waals surface area (Å²) in [6.45, 7) is 7.74. The molecule has 5 rings (SSSR count). The third-order valence-corrected chi connectivity index (χ3v) is 10.9. The van der Waals surface area contributed by atoms with Gasteiger partial charge in [0.25, 0.3) is 0 Å². The number of rotatable bonds is 21. The van der Waals surface area contributed by atoms with Crippen LogP contribution >= 0.6 is 7.82 Å². The van der Waals surface area contributed by atoms with E-state index < -0.39 is 55.8 Å². The van der Waals surface area contributed by atoms with Crippen molar-refractivity contribution >= 4 is 42.3 Å². The molecule has 13 nitrogen and oxygen atoms in total. The quantitative estimate of drug-likeness (QED) is 0.0362. The van der Waals surface area contributed by atoms with Crippen molar-refractivity contribution < 1.29 is 56.1 Å². The van der Waals surface area contributed by atoms with Crippen LogP contribution in [0.1, 0.15) is 49.3 Å². The van der Waals surface area contributed by atoms with Crippen LogP contribution in [-0.2, 0) is 52.3 Å². The molecule has 3 aromatic rings. The number of phosphoric ester groups is 1. The molecule has 0 aromatic heterocycles. The van der Waals surface area contributed by atoms with Crippen molar-refractivity contribution in [2.24, 2.45) is 0 Å². The third kappa shape index (κ3) is 11.1. The molecule has 0 saturated carbocycles. The molecular formula is C39H44B3NO12P. The topological polar surface area (TPSA) is 139 Å². The number of ether oxygens (including phenoxy) is 6. The summed E-state index contributed by atoms with van der Waals surface area (Å²) in [5, 5.41) is 0. The molecule has 0 bridgehead atoms. The molecular weight excluding hydrogens is 738 g/mol. The van der Waals surface area contributed by atoms with E-state index >= 15 is 0 Å². The monoisotopic (exact) mass is 782 g/mol. The van der Waals surface area contributed by atoms with Gasteiger partial charge in [0, 0.05) is 32.6 Å². The summed E-state index contributed by atoms with van der Waals surface area (Å²) in [4.78, 5) is 27.1. The van der Waals surface area contributed by atoms with Gasteiger partial charge in [-0.25, -0.2) is 11.1 Å². The summed E-state index contributed by atoms with van der Waals surface area (Å²) >= 11 is 0. The average Bonchev–Trinajstić information content (AvgIpc) is 3.78. The number of phosphoric acid groups is 1. The van der Waals surface area contributed by atoms with Crippen LogP contribution in [0.3, 0.4) is 0 Å². The van der Waals surface area contributed by atoms with Crippen LogP contribution in [0.4, 0.5) is 0 Å². The lowest BCUT2D eigenvalue weighted by Gasteiger charge is -2.37. The summed E-state index contributed by atoms with van der Waals surface area (Å²) < 4.78 is 67.5. The van der Waals surface area contributed by atoms with E-state index in [0.717, 1.165) is 16.7 Å². The minimum absolute atomic E-state index is 0.0276. The fraction of sp³-hybridized carbons (Fsp3) is 0.462. The van der Waals surface area contributed by atoms with Crippen LogP contribution in [-0.4, -0.2) is 112 Å². The van der Waals surface area contributed by atoms with E-state index in [1.165, 1.54) is 14.1 Å². The second-order valence-corrected chi connectivity index (χ2v) is 14.9. The summed E-state index contributed by atoms with van der Waals surface area (Å²) in [6, 6.07) is 23.4. The van der Waals surface area contributed by atoms with Crippen LogP contribution in [0.25, 0.3) is 4.85 Å². The zero-order valence-electron chi connectivity index (χ0n) is 31.7. The number of benzene rings is 3. The average molecular weight is 782 g/mol. The summed E-state index contributed by atoms with van der Waals surface area (Å²) in [7, 11) is 12.1. The van der Waals surface area contributed by atoms with Crippen molar-refractivity contribution in [2.45, 2.75) is 74.6 Å². The van der Waals surface area contributed by atoms with Crippen LogP contribution in [0.2, 0.25) is 0 Å². The van der Waals surface area contributed by atoms with Crippen molar-refractivity contribution in [3.8, 4) is 11.5 Å². The number of nitrogens with zero attached hydrogens (tertiary/aromatic N) is 1. The number of hydrogen-bond donors (Lipinski definition) is 0. The van der Waals surface area contributed by atoms with E-state index in [2.05, 4.69) is 4.85 Å². The molecule has 17 heteroatoms. The highest BCUT2D eigenvalue weighted by Crippen LogP contribution is 2.53. The van der Waals surface area contributed by atoms with Crippen molar-refractivity contribution in [3.05, 3.63) is 107 Å². The van der Waals surface area contributed by atoms with Gasteiger partial charge in [-0.2, -0.15) is 0 Å². The van der Waals surface area contributed by atoms with Gasteiger partial charge in [0.05, 0.1) is 47.1 Å². The molecule has 7 atom stereocenters. The maximum absolute atomic E-state index is 14.4. The van der Waals surface area contributed by atoms with Crippen LogP contribution in [0.15, 0.2) is 78.9 Å². The first-order valence-electron chi connectivity index (χ1n) is 18.2. The van der Waals surface area contributed by atoms with E-state index in [-0.39, 0.29) is 57.8 Å². The summed E-state index contributed by atoms with van der Waals surface area (Å²) in [5.41, 5.74) is 1.19. The molecule has 5 radical (unpaired) electrons. The Morgan fingerprint density at radius 3 is 2.04 bits per heavy atom. The first kappa shape index (κ1) is 43.2. The molecule has 2 aliphatic rings. The standard InChI is InChI=1S/C39H44B3NO12P/c1-26(44)10-19-38(45)54-32-22-36(40)52-35(32)25-51-56(46,50-21-20-43-2)55-33-23-37(42-41)53-34(33)24-49-39(27-8-6-5-7-9-27,28-11-15-30(47-3)16-12-28)29-13-17-31(48-4)18-14-29/h5-9,11-18,32-37H,10,19-25H2,1,3-4H3/t32-,33-,34-,35-,36-,37-,56?/m1/s1. The molecule has 56 heavy (non-hydrogen) atoms. The maximum atomic E-state index is 14.4. The van der Waals surface area contributed by atoms with Gasteiger partial charge in [-0.05, 0) is 54.3 Å². The van der Waals surface area contributed by atoms with Crippen molar-refractivity contribution in [1.29, 1.82) is 0 Å². The van der Waals surface area contributed by atoms with E-state index in [1.807, 2.05) is 78.9 Å². The molecule has 1 unspecified atom stereocenters. The Bertz CT molecular complexity index is 1770. The maximum Gasteiger partial charge on any atom is 0.475 e. The minimum atomic E-state index is -4.46. The van der Waals surface area contributed by atoms with Crippen molar-refractivity contribution in [1.82, 2.24) is 0 Å². The second-order valence-electron chi connectivity index (χ2n) is 13.2. The SMILES string of the molecule is [B][B][C@H]1C[C@@H](OP(=O)(OCC[N+]#[C-])OC[C@H]2O[C@@H]([B])C[C@H]2OC(=O)CCC(C)=O)[C@@H](COC(c2ccccc2)(c2ccc(OC)cc2)c2ccc(OC)cc2)O1. The van der Waals surface area contributed by atoms with Gasteiger partial charge in [-0.1, -0.05) is 54.6 Å².